The van der Waals surface area contributed by atoms with Crippen LogP contribution in [0.5, 0.6) is 0 Å². The molecule has 1 fully saturated rings. The summed E-state index contributed by atoms with van der Waals surface area (Å²) in [6, 6.07) is 2.03. The molecule has 1 saturated heterocycles. The number of likely N-dealkylation sites (tertiary alicyclic amines) is 1. The Hall–Kier alpha value is -1.58. The van der Waals surface area contributed by atoms with Gasteiger partial charge in [-0.25, -0.2) is 0 Å². The summed E-state index contributed by atoms with van der Waals surface area (Å²) in [5, 5.41) is 0. The molecule has 0 radical (unpaired) electrons. The molecule has 1 aromatic rings. The summed E-state index contributed by atoms with van der Waals surface area (Å²) >= 11 is 0. The van der Waals surface area contributed by atoms with Gasteiger partial charge in [0.1, 0.15) is 0 Å². The van der Waals surface area contributed by atoms with Crippen molar-refractivity contribution in [3.63, 3.8) is 0 Å². The van der Waals surface area contributed by atoms with Crippen molar-refractivity contribution in [1.82, 2.24) is 9.88 Å². The minimum Gasteiger partial charge on any atom is -0.367 e. The highest BCUT2D eigenvalue weighted by Crippen LogP contribution is 2.25. The number of piperidine rings is 1. The van der Waals surface area contributed by atoms with Crippen molar-refractivity contribution in [2.75, 3.05) is 6.54 Å². The number of H-pyrrole nitrogens is 1. The zero-order valence-corrected chi connectivity index (χ0v) is 11.7. The number of ketones is 1. The summed E-state index contributed by atoms with van der Waals surface area (Å²) in [4.78, 5) is 28.9. The molecule has 0 unspecified atom stereocenters. The van der Waals surface area contributed by atoms with Crippen LogP contribution in [0.1, 0.15) is 45.1 Å². The van der Waals surface area contributed by atoms with Crippen molar-refractivity contribution < 1.29 is 9.59 Å². The van der Waals surface area contributed by atoms with Crippen molar-refractivity contribution in [2.45, 2.75) is 51.5 Å². The molecular formula is C15H22N2O2. The summed E-state index contributed by atoms with van der Waals surface area (Å²) in [7, 11) is 0. The summed E-state index contributed by atoms with van der Waals surface area (Å²) < 4.78 is 0. The van der Waals surface area contributed by atoms with Crippen LogP contribution in [0.3, 0.4) is 0 Å². The molecule has 4 nitrogen and oxygen atoms in total. The molecule has 0 aromatic carbocycles. The first-order chi connectivity index (χ1) is 9.01. The number of aromatic nitrogens is 1. The molecule has 0 bridgehead atoms. The predicted octanol–water partition coefficient (Wildman–Crippen LogP) is 2.31. The minimum absolute atomic E-state index is 0.105. The van der Waals surface area contributed by atoms with Gasteiger partial charge in [-0.2, -0.15) is 0 Å². The lowest BCUT2D eigenvalue weighted by Crippen LogP contribution is -2.56. The number of hydrogen-bond donors (Lipinski definition) is 1. The van der Waals surface area contributed by atoms with Gasteiger partial charge in [0.25, 0.3) is 0 Å². The number of carbonyl (C=O) groups is 2. The van der Waals surface area contributed by atoms with E-state index in [-0.39, 0.29) is 11.7 Å². The molecular weight excluding hydrogens is 240 g/mol. The fraction of sp³-hybridized carbons (Fsp3) is 0.600. The summed E-state index contributed by atoms with van der Waals surface area (Å²) in [5.41, 5.74) is 0.602. The lowest BCUT2D eigenvalue weighted by molar-refractivity contribution is -0.148. The molecule has 4 heteroatoms. The summed E-state index contributed by atoms with van der Waals surface area (Å²) in [6.45, 7) is 4.43. The van der Waals surface area contributed by atoms with E-state index in [0.717, 1.165) is 19.3 Å². The number of nitrogens with zero attached hydrogens (tertiary/aromatic N) is 1. The predicted molar refractivity (Wildman–Crippen MR) is 73.8 cm³/mol. The maximum atomic E-state index is 12.3. The molecule has 1 aliphatic rings. The van der Waals surface area contributed by atoms with Crippen LogP contribution in [0, 0.1) is 0 Å². The second kappa shape index (κ2) is 5.59. The van der Waals surface area contributed by atoms with Crippen LogP contribution >= 0.6 is 0 Å². The number of carbonyl (C=O) groups excluding carboxylic acids is 2. The average Bonchev–Trinajstić information content (AvgIpc) is 2.85. The second-order valence-corrected chi connectivity index (χ2v) is 5.70. The average molecular weight is 262 g/mol. The van der Waals surface area contributed by atoms with Gasteiger partial charge in [-0.05, 0) is 44.7 Å². The van der Waals surface area contributed by atoms with E-state index >= 15 is 0 Å². The lowest BCUT2D eigenvalue weighted by Gasteiger charge is -2.41. The Labute approximate surface area is 114 Å². The van der Waals surface area contributed by atoms with E-state index in [9.17, 15) is 9.59 Å². The molecule has 0 saturated carbocycles. The summed E-state index contributed by atoms with van der Waals surface area (Å²) in [5.74, 6) is 0.284. The molecule has 0 aliphatic carbocycles. The third kappa shape index (κ3) is 3.06. The number of Topliss-reactive ketones (excluding diaryl/α,β-unsaturated/α-hetero) is 1. The molecule has 2 heterocycles. The third-order valence-electron chi connectivity index (χ3n) is 3.96. The maximum absolute atomic E-state index is 12.3. The van der Waals surface area contributed by atoms with Crippen molar-refractivity contribution in [1.29, 1.82) is 0 Å². The van der Waals surface area contributed by atoms with E-state index in [1.54, 1.807) is 4.90 Å². The molecule has 104 valence electrons. The third-order valence-corrected chi connectivity index (χ3v) is 3.96. The Morgan fingerprint density at radius 3 is 2.95 bits per heavy atom. The highest BCUT2D eigenvalue weighted by Gasteiger charge is 2.39. The Balaban J connectivity index is 1.87. The molecule has 1 N–H and O–H groups in total. The minimum atomic E-state index is -0.622. The normalized spacial score (nSPS) is 18.6. The molecule has 0 spiro atoms. The van der Waals surface area contributed by atoms with Gasteiger partial charge in [-0.1, -0.05) is 0 Å². The second-order valence-electron chi connectivity index (χ2n) is 5.70. The monoisotopic (exact) mass is 262 g/mol. The van der Waals surface area contributed by atoms with Gasteiger partial charge in [0.15, 0.2) is 5.78 Å². The lowest BCUT2D eigenvalue weighted by atomic mass is 9.88. The molecule has 2 rings (SSSR count). The highest BCUT2D eigenvalue weighted by molar-refractivity contribution is 5.93. The van der Waals surface area contributed by atoms with Gasteiger partial charge in [-0.3, -0.25) is 9.59 Å². The van der Waals surface area contributed by atoms with E-state index in [4.69, 9.17) is 0 Å². The molecule has 19 heavy (non-hydrogen) atoms. The first kappa shape index (κ1) is 13.8. The Morgan fingerprint density at radius 2 is 2.26 bits per heavy atom. The van der Waals surface area contributed by atoms with Crippen LogP contribution in [0.15, 0.2) is 18.5 Å². The van der Waals surface area contributed by atoms with E-state index in [0.29, 0.717) is 19.4 Å². The topological polar surface area (TPSA) is 53.2 Å². The van der Waals surface area contributed by atoms with Gasteiger partial charge >= 0.3 is 0 Å². The zero-order valence-electron chi connectivity index (χ0n) is 11.7. The van der Waals surface area contributed by atoms with E-state index < -0.39 is 5.54 Å². The molecule has 1 aromatic heterocycles. The number of aromatic amines is 1. The first-order valence-electron chi connectivity index (χ1n) is 6.97. The Morgan fingerprint density at radius 1 is 1.47 bits per heavy atom. The maximum Gasteiger partial charge on any atom is 0.223 e. The SMILES string of the molecule is CC1(C)C(=O)CCCN1C(=O)CCCc1cc[nH]c1. The smallest absolute Gasteiger partial charge is 0.223 e. The fourth-order valence-electron chi connectivity index (χ4n) is 2.66. The fourth-order valence-corrected chi connectivity index (χ4v) is 2.66. The van der Waals surface area contributed by atoms with E-state index in [1.165, 1.54) is 5.56 Å². The van der Waals surface area contributed by atoms with Crippen molar-refractivity contribution in [3.05, 3.63) is 24.0 Å². The van der Waals surface area contributed by atoms with Crippen LogP contribution in [0.2, 0.25) is 0 Å². The highest BCUT2D eigenvalue weighted by atomic mass is 16.2. The largest absolute Gasteiger partial charge is 0.367 e. The van der Waals surface area contributed by atoms with E-state index in [2.05, 4.69) is 4.98 Å². The van der Waals surface area contributed by atoms with Gasteiger partial charge in [-0.15, -0.1) is 0 Å². The van der Waals surface area contributed by atoms with Gasteiger partial charge < -0.3 is 9.88 Å². The van der Waals surface area contributed by atoms with Gasteiger partial charge in [0.2, 0.25) is 5.91 Å². The Kier molecular flexibility index (Phi) is 4.08. The van der Waals surface area contributed by atoms with Crippen LogP contribution in [0.4, 0.5) is 0 Å². The molecule has 1 amide bonds. The van der Waals surface area contributed by atoms with Gasteiger partial charge in [0.05, 0.1) is 5.54 Å². The van der Waals surface area contributed by atoms with Crippen LogP contribution in [-0.4, -0.2) is 33.7 Å². The molecule has 0 atom stereocenters. The van der Waals surface area contributed by atoms with Gasteiger partial charge in [0, 0.05) is 31.8 Å². The zero-order chi connectivity index (χ0) is 13.9. The number of amides is 1. The van der Waals surface area contributed by atoms with Crippen molar-refractivity contribution >= 4 is 11.7 Å². The van der Waals surface area contributed by atoms with Crippen LogP contribution < -0.4 is 0 Å². The molecule has 1 aliphatic heterocycles. The van der Waals surface area contributed by atoms with Crippen LogP contribution in [0.25, 0.3) is 0 Å². The van der Waals surface area contributed by atoms with Crippen LogP contribution in [-0.2, 0) is 16.0 Å². The van der Waals surface area contributed by atoms with Crippen molar-refractivity contribution in [2.24, 2.45) is 0 Å². The standard InChI is InChI=1S/C15H22N2O2/c1-15(2)13(18)6-4-10-17(15)14(19)7-3-5-12-8-9-16-11-12/h8-9,11,16H,3-7,10H2,1-2H3. The number of aryl methyl sites for hydroxylation is 1. The number of nitrogens with one attached hydrogen (secondary N) is 1. The summed E-state index contributed by atoms with van der Waals surface area (Å²) in [6.07, 6.45) is 7.49. The quantitative estimate of drug-likeness (QED) is 0.905. The van der Waals surface area contributed by atoms with Crippen molar-refractivity contribution in [3.8, 4) is 0 Å². The Bertz CT molecular complexity index is 449. The number of hydrogen-bond acceptors (Lipinski definition) is 2. The van der Waals surface area contributed by atoms with E-state index in [1.807, 2.05) is 32.3 Å². The number of rotatable bonds is 4. The first-order valence-corrected chi connectivity index (χ1v) is 6.97.